The first-order valence-electron chi connectivity index (χ1n) is 9.15. The summed E-state index contributed by atoms with van der Waals surface area (Å²) in [7, 11) is 0. The van der Waals surface area contributed by atoms with Gasteiger partial charge in [-0.3, -0.25) is 9.69 Å². The lowest BCUT2D eigenvalue weighted by atomic mass is 10.1. The van der Waals surface area contributed by atoms with E-state index < -0.39 is 0 Å². The van der Waals surface area contributed by atoms with Crippen molar-refractivity contribution in [3.63, 3.8) is 0 Å². The first kappa shape index (κ1) is 17.9. The molecule has 1 fully saturated rings. The number of hydrogen-bond acceptors (Lipinski definition) is 4. The van der Waals surface area contributed by atoms with E-state index in [2.05, 4.69) is 25.1 Å². The molecule has 0 radical (unpaired) electrons. The van der Waals surface area contributed by atoms with Crippen LogP contribution < -0.4 is 9.64 Å². The van der Waals surface area contributed by atoms with Gasteiger partial charge in [-0.25, -0.2) is 4.98 Å². The van der Waals surface area contributed by atoms with Crippen molar-refractivity contribution in [2.75, 3.05) is 11.5 Å². The van der Waals surface area contributed by atoms with Crippen molar-refractivity contribution in [2.45, 2.75) is 31.4 Å². The average molecular weight is 378 g/mol. The van der Waals surface area contributed by atoms with E-state index in [9.17, 15) is 4.79 Å². The van der Waals surface area contributed by atoms with Crippen LogP contribution in [-0.2, 0) is 4.79 Å². The van der Waals surface area contributed by atoms with Crippen LogP contribution in [0, 0.1) is 6.92 Å². The molecule has 2 unspecified atom stereocenters. The Kier molecular flexibility index (Phi) is 4.79. The van der Waals surface area contributed by atoms with E-state index >= 15 is 0 Å². The zero-order chi connectivity index (χ0) is 19.0. The van der Waals surface area contributed by atoms with Crippen molar-refractivity contribution in [3.05, 3.63) is 65.9 Å². The van der Waals surface area contributed by atoms with Crippen LogP contribution >= 0.6 is 11.8 Å². The molecule has 0 spiro atoms. The molecule has 27 heavy (non-hydrogen) atoms. The Morgan fingerprint density at radius 1 is 1.11 bits per heavy atom. The SMILES string of the molecule is CCOc1ccc(N2C(=O)C(C)SC2c2ccc3cc(C)ccc3n2)cc1. The molecule has 5 heteroatoms. The predicted molar refractivity (Wildman–Crippen MR) is 111 cm³/mol. The summed E-state index contributed by atoms with van der Waals surface area (Å²) >= 11 is 1.64. The summed E-state index contributed by atoms with van der Waals surface area (Å²) in [4.78, 5) is 19.6. The highest BCUT2D eigenvalue weighted by Gasteiger charge is 2.40. The highest BCUT2D eigenvalue weighted by Crippen LogP contribution is 2.45. The molecular weight excluding hydrogens is 356 g/mol. The van der Waals surface area contributed by atoms with Crippen LogP contribution in [0.25, 0.3) is 10.9 Å². The fraction of sp³-hybridized carbons (Fsp3) is 0.273. The van der Waals surface area contributed by atoms with Crippen LogP contribution in [-0.4, -0.2) is 22.7 Å². The molecule has 2 aromatic carbocycles. The molecule has 0 bridgehead atoms. The van der Waals surface area contributed by atoms with Gasteiger partial charge >= 0.3 is 0 Å². The number of thioether (sulfide) groups is 1. The number of amides is 1. The number of aromatic nitrogens is 1. The number of carbonyl (C=O) groups is 1. The number of aryl methyl sites for hydroxylation is 1. The molecule has 138 valence electrons. The third-order valence-electron chi connectivity index (χ3n) is 4.70. The minimum absolute atomic E-state index is 0.0999. The lowest BCUT2D eigenvalue weighted by Crippen LogP contribution is -2.30. The Morgan fingerprint density at radius 3 is 2.63 bits per heavy atom. The number of anilines is 1. The maximum atomic E-state index is 12.9. The Morgan fingerprint density at radius 2 is 1.89 bits per heavy atom. The number of pyridine rings is 1. The van der Waals surface area contributed by atoms with Crippen molar-refractivity contribution >= 4 is 34.3 Å². The van der Waals surface area contributed by atoms with Crippen molar-refractivity contribution in [2.24, 2.45) is 0 Å². The van der Waals surface area contributed by atoms with Crippen LogP contribution in [0.5, 0.6) is 5.75 Å². The zero-order valence-electron chi connectivity index (χ0n) is 15.7. The second-order valence-corrected chi connectivity index (χ2v) is 8.12. The third kappa shape index (κ3) is 3.39. The van der Waals surface area contributed by atoms with E-state index in [4.69, 9.17) is 9.72 Å². The zero-order valence-corrected chi connectivity index (χ0v) is 16.5. The number of nitrogens with zero attached hydrogens (tertiary/aromatic N) is 2. The van der Waals surface area contributed by atoms with E-state index in [-0.39, 0.29) is 16.5 Å². The van der Waals surface area contributed by atoms with Gasteiger partial charge in [0.25, 0.3) is 0 Å². The Hall–Kier alpha value is -2.53. The Labute approximate surface area is 163 Å². The number of hydrogen-bond donors (Lipinski definition) is 0. The molecule has 1 saturated heterocycles. The van der Waals surface area contributed by atoms with E-state index in [1.54, 1.807) is 11.8 Å². The van der Waals surface area contributed by atoms with Gasteiger partial charge < -0.3 is 4.74 Å². The molecule has 1 aromatic heterocycles. The van der Waals surface area contributed by atoms with E-state index in [1.807, 2.05) is 55.1 Å². The fourth-order valence-electron chi connectivity index (χ4n) is 3.36. The van der Waals surface area contributed by atoms with Gasteiger partial charge in [0.15, 0.2) is 0 Å². The highest BCUT2D eigenvalue weighted by atomic mass is 32.2. The number of ether oxygens (including phenoxy) is 1. The van der Waals surface area contributed by atoms with Crippen molar-refractivity contribution in [3.8, 4) is 5.75 Å². The maximum absolute atomic E-state index is 12.9. The number of rotatable bonds is 4. The van der Waals surface area contributed by atoms with Gasteiger partial charge in [0, 0.05) is 11.1 Å². The molecule has 0 N–H and O–H groups in total. The van der Waals surface area contributed by atoms with E-state index in [0.29, 0.717) is 6.61 Å². The molecule has 2 atom stereocenters. The van der Waals surface area contributed by atoms with Crippen LogP contribution in [0.3, 0.4) is 0 Å². The van der Waals surface area contributed by atoms with Gasteiger partial charge in [0.05, 0.1) is 23.1 Å². The fourth-order valence-corrected chi connectivity index (χ4v) is 4.59. The van der Waals surface area contributed by atoms with Gasteiger partial charge in [0.2, 0.25) is 5.91 Å². The molecule has 4 nitrogen and oxygen atoms in total. The number of benzene rings is 2. The summed E-state index contributed by atoms with van der Waals surface area (Å²) < 4.78 is 5.52. The van der Waals surface area contributed by atoms with Crippen LogP contribution in [0.2, 0.25) is 0 Å². The summed E-state index contributed by atoms with van der Waals surface area (Å²) in [5.41, 5.74) is 3.95. The van der Waals surface area contributed by atoms with Gasteiger partial charge in [-0.05, 0) is 63.2 Å². The summed E-state index contributed by atoms with van der Waals surface area (Å²) in [6.07, 6.45) is 0. The van der Waals surface area contributed by atoms with E-state index in [0.717, 1.165) is 28.0 Å². The molecule has 2 heterocycles. The molecule has 4 rings (SSSR count). The van der Waals surface area contributed by atoms with Crippen molar-refractivity contribution < 1.29 is 9.53 Å². The lowest BCUT2D eigenvalue weighted by Gasteiger charge is -2.24. The molecular formula is C22H22N2O2S. The minimum Gasteiger partial charge on any atom is -0.494 e. The summed E-state index contributed by atoms with van der Waals surface area (Å²) in [5.74, 6) is 0.921. The molecule has 0 aliphatic carbocycles. The topological polar surface area (TPSA) is 42.4 Å². The Balaban J connectivity index is 1.71. The lowest BCUT2D eigenvalue weighted by molar-refractivity contribution is -0.117. The van der Waals surface area contributed by atoms with Gasteiger partial charge in [-0.15, -0.1) is 11.8 Å². The summed E-state index contributed by atoms with van der Waals surface area (Å²) in [5, 5.41) is 0.891. The molecule has 3 aromatic rings. The van der Waals surface area contributed by atoms with Crippen LogP contribution in [0.4, 0.5) is 5.69 Å². The monoisotopic (exact) mass is 378 g/mol. The smallest absolute Gasteiger partial charge is 0.241 e. The molecule has 1 aliphatic rings. The second-order valence-electron chi connectivity index (χ2n) is 6.70. The quantitative estimate of drug-likeness (QED) is 0.633. The second kappa shape index (κ2) is 7.24. The molecule has 1 amide bonds. The number of carbonyl (C=O) groups excluding carboxylic acids is 1. The third-order valence-corrected chi connectivity index (χ3v) is 6.02. The molecule has 1 aliphatic heterocycles. The molecule has 0 saturated carbocycles. The minimum atomic E-state index is -0.129. The van der Waals surface area contributed by atoms with Crippen molar-refractivity contribution in [1.29, 1.82) is 0 Å². The van der Waals surface area contributed by atoms with Gasteiger partial charge in [-0.2, -0.15) is 0 Å². The summed E-state index contributed by atoms with van der Waals surface area (Å²) in [6, 6.07) is 18.1. The predicted octanol–water partition coefficient (Wildman–Crippen LogP) is 5.11. The van der Waals surface area contributed by atoms with Crippen molar-refractivity contribution in [1.82, 2.24) is 4.98 Å². The van der Waals surface area contributed by atoms with E-state index in [1.165, 1.54) is 5.56 Å². The largest absolute Gasteiger partial charge is 0.494 e. The summed E-state index contributed by atoms with van der Waals surface area (Å²) in [6.45, 7) is 6.62. The van der Waals surface area contributed by atoms with Crippen LogP contribution in [0.1, 0.15) is 30.5 Å². The first-order valence-corrected chi connectivity index (χ1v) is 10.1. The van der Waals surface area contributed by atoms with Gasteiger partial charge in [0.1, 0.15) is 11.1 Å². The standard InChI is InChI=1S/C22H22N2O2S/c1-4-26-18-9-7-17(8-10-18)24-21(25)15(3)27-22(24)20-12-6-16-13-14(2)5-11-19(16)23-20/h5-13,15,22H,4H2,1-3H3. The maximum Gasteiger partial charge on any atom is 0.241 e. The average Bonchev–Trinajstić information content (AvgIpc) is 2.97. The van der Waals surface area contributed by atoms with Gasteiger partial charge in [-0.1, -0.05) is 17.7 Å². The normalized spacial score (nSPS) is 19.7. The number of fused-ring (bicyclic) bond motifs is 1. The Bertz CT molecular complexity index is 987. The first-order chi connectivity index (χ1) is 13.1. The van der Waals surface area contributed by atoms with Crippen LogP contribution in [0.15, 0.2) is 54.6 Å². The highest BCUT2D eigenvalue weighted by molar-refractivity contribution is 8.01.